The van der Waals surface area contributed by atoms with E-state index in [1.54, 1.807) is 0 Å². The highest BCUT2D eigenvalue weighted by Crippen LogP contribution is 2.29. The van der Waals surface area contributed by atoms with Gasteiger partial charge in [0.2, 0.25) is 0 Å². The fraction of sp³-hybridized carbons (Fsp3) is 0.533. The van der Waals surface area contributed by atoms with Crippen LogP contribution in [0.2, 0.25) is 0 Å². The summed E-state index contributed by atoms with van der Waals surface area (Å²) in [5.41, 5.74) is 2.63. The van der Waals surface area contributed by atoms with E-state index in [-0.39, 0.29) is 18.1 Å². The van der Waals surface area contributed by atoms with Gasteiger partial charge >= 0.3 is 0 Å². The Kier molecular flexibility index (Phi) is 3.80. The van der Waals surface area contributed by atoms with Crippen LogP contribution in [0.15, 0.2) is 24.3 Å². The molecule has 102 valence electrons. The van der Waals surface area contributed by atoms with E-state index >= 15 is 0 Å². The van der Waals surface area contributed by atoms with Gasteiger partial charge in [-0.25, -0.2) is 0 Å². The maximum atomic E-state index is 12.2. The molecule has 2 N–H and O–H groups in total. The lowest BCUT2D eigenvalue weighted by Gasteiger charge is -2.29. The number of fused-ring (bicyclic) bond motifs is 1. The first-order valence-corrected chi connectivity index (χ1v) is 7.05. The Bertz CT molecular complexity index is 455. The van der Waals surface area contributed by atoms with E-state index in [1.165, 1.54) is 11.1 Å². The number of benzene rings is 1. The number of hydrogen-bond acceptors (Lipinski definition) is 3. The predicted molar refractivity (Wildman–Crippen MR) is 72.9 cm³/mol. The number of rotatable bonds is 2. The molecule has 4 nitrogen and oxygen atoms in total. The van der Waals surface area contributed by atoms with Crippen LogP contribution in [0.3, 0.4) is 0 Å². The molecule has 2 atom stereocenters. The van der Waals surface area contributed by atoms with Crippen molar-refractivity contribution in [2.75, 3.05) is 19.7 Å². The molecule has 0 saturated carbocycles. The number of morpholine rings is 1. The Morgan fingerprint density at radius 1 is 1.37 bits per heavy atom. The molecule has 1 aliphatic carbocycles. The number of amides is 1. The van der Waals surface area contributed by atoms with Crippen molar-refractivity contribution in [3.05, 3.63) is 35.4 Å². The summed E-state index contributed by atoms with van der Waals surface area (Å²) in [4.78, 5) is 12.2. The summed E-state index contributed by atoms with van der Waals surface area (Å²) in [6.07, 6.45) is 2.92. The zero-order valence-corrected chi connectivity index (χ0v) is 11.0. The van der Waals surface area contributed by atoms with Crippen LogP contribution in [-0.2, 0) is 16.0 Å². The Hall–Kier alpha value is -1.39. The largest absolute Gasteiger partial charge is 0.366 e. The lowest BCUT2D eigenvalue weighted by molar-refractivity contribution is -0.135. The minimum Gasteiger partial charge on any atom is -0.366 e. The first-order valence-electron chi connectivity index (χ1n) is 7.05. The van der Waals surface area contributed by atoms with Crippen LogP contribution in [0.1, 0.15) is 30.0 Å². The molecule has 19 heavy (non-hydrogen) atoms. The van der Waals surface area contributed by atoms with Gasteiger partial charge in [-0.1, -0.05) is 24.3 Å². The van der Waals surface area contributed by atoms with Gasteiger partial charge in [0.25, 0.3) is 5.91 Å². The first kappa shape index (κ1) is 12.6. The summed E-state index contributed by atoms with van der Waals surface area (Å²) in [6, 6.07) is 8.54. The highest BCUT2D eigenvalue weighted by atomic mass is 16.5. The number of carbonyl (C=O) groups excluding carboxylic acids is 1. The normalized spacial score (nSPS) is 26.5. The van der Waals surface area contributed by atoms with E-state index in [9.17, 15) is 4.79 Å². The first-order chi connectivity index (χ1) is 9.34. The minimum absolute atomic E-state index is 0.00824. The second-order valence-corrected chi connectivity index (χ2v) is 5.22. The number of nitrogens with one attached hydrogen (secondary N) is 2. The van der Waals surface area contributed by atoms with Crippen LogP contribution in [0, 0.1) is 0 Å². The maximum Gasteiger partial charge on any atom is 0.250 e. The minimum atomic E-state index is -0.345. The number of aryl methyl sites for hydroxylation is 1. The average molecular weight is 260 g/mol. The summed E-state index contributed by atoms with van der Waals surface area (Å²) in [6.45, 7) is 2.05. The molecular formula is C15H20N2O2. The Balaban J connectivity index is 1.68. The maximum absolute atomic E-state index is 12.2. The van der Waals surface area contributed by atoms with Crippen LogP contribution in [0.5, 0.6) is 0 Å². The Labute approximate surface area is 113 Å². The molecule has 1 aliphatic heterocycles. The number of ether oxygens (including phenoxy) is 1. The Morgan fingerprint density at radius 3 is 3.11 bits per heavy atom. The fourth-order valence-electron chi connectivity index (χ4n) is 2.90. The molecule has 0 radical (unpaired) electrons. The van der Waals surface area contributed by atoms with Crippen molar-refractivity contribution in [2.45, 2.75) is 31.4 Å². The van der Waals surface area contributed by atoms with Gasteiger partial charge in [0.05, 0.1) is 12.6 Å². The molecule has 2 aliphatic rings. The van der Waals surface area contributed by atoms with Gasteiger partial charge in [0, 0.05) is 13.1 Å². The molecular weight excluding hydrogens is 240 g/mol. The molecule has 0 bridgehead atoms. The molecule has 1 aromatic carbocycles. The van der Waals surface area contributed by atoms with Crippen LogP contribution >= 0.6 is 0 Å². The highest BCUT2D eigenvalue weighted by Gasteiger charge is 2.26. The molecule has 0 aromatic heterocycles. The van der Waals surface area contributed by atoms with Crippen molar-refractivity contribution in [3.63, 3.8) is 0 Å². The third-order valence-electron chi connectivity index (χ3n) is 3.91. The molecule has 1 heterocycles. The topological polar surface area (TPSA) is 50.4 Å². The van der Waals surface area contributed by atoms with Gasteiger partial charge in [-0.05, 0) is 30.4 Å². The SMILES string of the molecule is O=C(N[C@@H]1CCCc2ccccc21)[C@H]1CNCCO1. The lowest BCUT2D eigenvalue weighted by Crippen LogP contribution is -2.48. The fourth-order valence-corrected chi connectivity index (χ4v) is 2.90. The third-order valence-corrected chi connectivity index (χ3v) is 3.91. The van der Waals surface area contributed by atoms with Gasteiger partial charge in [-0.3, -0.25) is 4.79 Å². The summed E-state index contributed by atoms with van der Waals surface area (Å²) < 4.78 is 5.49. The Morgan fingerprint density at radius 2 is 2.26 bits per heavy atom. The summed E-state index contributed by atoms with van der Waals surface area (Å²) in [7, 11) is 0. The van der Waals surface area contributed by atoms with E-state index in [4.69, 9.17) is 4.74 Å². The number of hydrogen-bond donors (Lipinski definition) is 2. The van der Waals surface area contributed by atoms with E-state index in [2.05, 4.69) is 28.8 Å². The standard InChI is InChI=1S/C15H20N2O2/c18-15(14-10-16-8-9-19-14)17-13-7-3-5-11-4-1-2-6-12(11)13/h1-2,4,6,13-14,16H,3,5,7-10H2,(H,17,18)/t13-,14-/m1/s1. The third kappa shape index (κ3) is 2.80. The lowest BCUT2D eigenvalue weighted by atomic mass is 9.87. The van der Waals surface area contributed by atoms with Crippen LogP contribution in [-0.4, -0.2) is 31.7 Å². The molecule has 1 aromatic rings. The van der Waals surface area contributed by atoms with Crippen molar-refractivity contribution in [3.8, 4) is 0 Å². The highest BCUT2D eigenvalue weighted by molar-refractivity contribution is 5.81. The molecule has 4 heteroatoms. The van der Waals surface area contributed by atoms with Crippen molar-refractivity contribution >= 4 is 5.91 Å². The average Bonchev–Trinajstić information content (AvgIpc) is 2.48. The molecule has 3 rings (SSSR count). The smallest absolute Gasteiger partial charge is 0.250 e. The second-order valence-electron chi connectivity index (χ2n) is 5.22. The summed E-state index contributed by atoms with van der Waals surface area (Å²) in [5, 5.41) is 6.33. The van der Waals surface area contributed by atoms with E-state index in [0.717, 1.165) is 25.8 Å². The zero-order chi connectivity index (χ0) is 13.1. The summed E-state index contributed by atoms with van der Waals surface area (Å²) in [5.74, 6) is 0.00824. The van der Waals surface area contributed by atoms with Crippen molar-refractivity contribution in [1.29, 1.82) is 0 Å². The molecule has 0 unspecified atom stereocenters. The van der Waals surface area contributed by atoms with E-state index in [0.29, 0.717) is 13.2 Å². The number of carbonyl (C=O) groups is 1. The van der Waals surface area contributed by atoms with Crippen LogP contribution in [0.25, 0.3) is 0 Å². The second kappa shape index (κ2) is 5.72. The zero-order valence-electron chi connectivity index (χ0n) is 11.0. The van der Waals surface area contributed by atoms with Gasteiger partial charge < -0.3 is 15.4 Å². The van der Waals surface area contributed by atoms with Crippen molar-refractivity contribution in [1.82, 2.24) is 10.6 Å². The quantitative estimate of drug-likeness (QED) is 0.839. The summed E-state index contributed by atoms with van der Waals surface area (Å²) >= 11 is 0. The van der Waals surface area contributed by atoms with Crippen molar-refractivity contribution in [2.24, 2.45) is 0 Å². The monoisotopic (exact) mass is 260 g/mol. The van der Waals surface area contributed by atoms with E-state index < -0.39 is 0 Å². The van der Waals surface area contributed by atoms with Gasteiger partial charge in [-0.2, -0.15) is 0 Å². The van der Waals surface area contributed by atoms with Crippen LogP contribution < -0.4 is 10.6 Å². The van der Waals surface area contributed by atoms with E-state index in [1.807, 2.05) is 6.07 Å². The predicted octanol–water partition coefficient (Wildman–Crippen LogP) is 1.17. The van der Waals surface area contributed by atoms with Crippen molar-refractivity contribution < 1.29 is 9.53 Å². The van der Waals surface area contributed by atoms with Gasteiger partial charge in [-0.15, -0.1) is 0 Å². The van der Waals surface area contributed by atoms with Gasteiger partial charge in [0.15, 0.2) is 0 Å². The molecule has 1 saturated heterocycles. The molecule has 1 fully saturated rings. The van der Waals surface area contributed by atoms with Gasteiger partial charge in [0.1, 0.15) is 6.10 Å². The molecule has 0 spiro atoms. The van der Waals surface area contributed by atoms with Crippen LogP contribution in [0.4, 0.5) is 0 Å². The molecule has 1 amide bonds.